The second-order valence-corrected chi connectivity index (χ2v) is 7.76. The number of nitrogens with one attached hydrogen (secondary N) is 2. The Balaban J connectivity index is 1.60. The van der Waals surface area contributed by atoms with Crippen LogP contribution in [-0.2, 0) is 4.79 Å². The van der Waals surface area contributed by atoms with Crippen molar-refractivity contribution in [2.75, 3.05) is 38.5 Å². The lowest BCUT2D eigenvalue weighted by Crippen LogP contribution is -2.43. The molecule has 2 N–H and O–H groups in total. The van der Waals surface area contributed by atoms with Crippen molar-refractivity contribution < 1.29 is 4.79 Å². The van der Waals surface area contributed by atoms with Crippen molar-refractivity contribution in [2.45, 2.75) is 24.1 Å². The van der Waals surface area contributed by atoms with E-state index < -0.39 is 0 Å². The number of halogens is 1. The van der Waals surface area contributed by atoms with Crippen molar-refractivity contribution in [3.8, 4) is 0 Å². The zero-order chi connectivity index (χ0) is 16.1. The molecule has 2 aliphatic heterocycles. The van der Waals surface area contributed by atoms with Gasteiger partial charge in [0.1, 0.15) is 0 Å². The minimum absolute atomic E-state index is 0.154. The van der Waals surface area contributed by atoms with E-state index in [1.165, 1.54) is 5.56 Å². The number of hydrogen-bond acceptors (Lipinski definition) is 4. The van der Waals surface area contributed by atoms with Gasteiger partial charge < -0.3 is 15.5 Å². The Bertz CT molecular complexity index is 519. The van der Waals surface area contributed by atoms with E-state index >= 15 is 0 Å². The monoisotopic (exact) mass is 353 g/mol. The highest BCUT2D eigenvalue weighted by atomic mass is 35.5. The van der Waals surface area contributed by atoms with Gasteiger partial charge in [-0.3, -0.25) is 4.79 Å². The highest BCUT2D eigenvalue weighted by molar-refractivity contribution is 8.01. The summed E-state index contributed by atoms with van der Waals surface area (Å²) in [5, 5.41) is 7.46. The van der Waals surface area contributed by atoms with E-state index in [0.29, 0.717) is 11.7 Å². The van der Waals surface area contributed by atoms with Crippen LogP contribution in [-0.4, -0.2) is 54.7 Å². The fourth-order valence-electron chi connectivity index (χ4n) is 3.30. The van der Waals surface area contributed by atoms with Gasteiger partial charge in [0.25, 0.3) is 0 Å². The molecule has 2 heterocycles. The number of amides is 1. The average molecular weight is 354 g/mol. The maximum atomic E-state index is 11.6. The minimum atomic E-state index is 0.154. The fourth-order valence-corrected chi connectivity index (χ4v) is 4.58. The molecule has 23 heavy (non-hydrogen) atoms. The predicted molar refractivity (Wildman–Crippen MR) is 97.1 cm³/mol. The second-order valence-electron chi connectivity index (χ2n) is 6.19. The lowest BCUT2D eigenvalue weighted by atomic mass is 9.93. The number of thioether (sulfide) groups is 1. The van der Waals surface area contributed by atoms with Gasteiger partial charge in [0.15, 0.2) is 0 Å². The van der Waals surface area contributed by atoms with Crippen LogP contribution >= 0.6 is 23.4 Å². The van der Waals surface area contributed by atoms with Gasteiger partial charge in [-0.05, 0) is 37.1 Å². The first-order valence-electron chi connectivity index (χ1n) is 8.32. The summed E-state index contributed by atoms with van der Waals surface area (Å²) in [6.07, 6.45) is 2.24. The highest BCUT2D eigenvalue weighted by Gasteiger charge is 2.30. The molecule has 0 radical (unpaired) electrons. The number of piperazine rings is 1. The molecule has 0 spiro atoms. The second kappa shape index (κ2) is 8.38. The Hall–Kier alpha value is -0.750. The van der Waals surface area contributed by atoms with Crippen LogP contribution in [0.15, 0.2) is 24.3 Å². The molecular formula is C17H24ClN3OS. The molecule has 2 atom stereocenters. The number of carbonyl (C=O) groups is 1. The summed E-state index contributed by atoms with van der Waals surface area (Å²) in [7, 11) is 0. The average Bonchev–Trinajstić information content (AvgIpc) is 3.00. The molecule has 1 aromatic carbocycles. The van der Waals surface area contributed by atoms with Crippen LogP contribution in [0.5, 0.6) is 0 Å². The molecule has 0 aromatic heterocycles. The molecule has 1 aromatic rings. The van der Waals surface area contributed by atoms with Gasteiger partial charge in [-0.15, -0.1) is 11.8 Å². The SMILES string of the molecule is O=C1CSC(C(CCCN2CCNCC2)c2ccc(Cl)cc2)N1. The molecule has 0 aliphatic carbocycles. The summed E-state index contributed by atoms with van der Waals surface area (Å²) < 4.78 is 0. The molecule has 1 amide bonds. The topological polar surface area (TPSA) is 44.4 Å². The van der Waals surface area contributed by atoms with Crippen molar-refractivity contribution in [2.24, 2.45) is 0 Å². The number of hydrogen-bond donors (Lipinski definition) is 2. The zero-order valence-corrected chi connectivity index (χ0v) is 14.8. The van der Waals surface area contributed by atoms with Crippen LogP contribution in [0.1, 0.15) is 24.3 Å². The Kier molecular flexibility index (Phi) is 6.22. The van der Waals surface area contributed by atoms with Gasteiger partial charge in [0.2, 0.25) is 5.91 Å². The van der Waals surface area contributed by atoms with Crippen LogP contribution in [0.3, 0.4) is 0 Å². The lowest BCUT2D eigenvalue weighted by molar-refractivity contribution is -0.118. The Morgan fingerprint density at radius 3 is 2.65 bits per heavy atom. The number of benzene rings is 1. The summed E-state index contributed by atoms with van der Waals surface area (Å²) in [6.45, 7) is 5.60. The maximum Gasteiger partial charge on any atom is 0.230 e. The maximum absolute atomic E-state index is 11.6. The Labute approximate surface area is 147 Å². The first kappa shape index (κ1) is 17.1. The van der Waals surface area contributed by atoms with E-state index in [1.54, 1.807) is 11.8 Å². The van der Waals surface area contributed by atoms with E-state index in [2.05, 4.69) is 27.7 Å². The van der Waals surface area contributed by atoms with Crippen LogP contribution in [0.4, 0.5) is 0 Å². The Morgan fingerprint density at radius 1 is 1.26 bits per heavy atom. The number of rotatable bonds is 6. The molecule has 2 fully saturated rings. The van der Waals surface area contributed by atoms with Gasteiger partial charge in [0.05, 0.1) is 11.1 Å². The van der Waals surface area contributed by atoms with Crippen molar-refractivity contribution >= 4 is 29.3 Å². The van der Waals surface area contributed by atoms with Crippen molar-refractivity contribution in [1.29, 1.82) is 0 Å². The summed E-state index contributed by atoms with van der Waals surface area (Å²) in [5.74, 6) is 1.08. The van der Waals surface area contributed by atoms with Crippen LogP contribution < -0.4 is 10.6 Å². The first-order valence-corrected chi connectivity index (χ1v) is 9.74. The minimum Gasteiger partial charge on any atom is -0.343 e. The largest absolute Gasteiger partial charge is 0.343 e. The van der Waals surface area contributed by atoms with E-state index in [4.69, 9.17) is 11.6 Å². The normalized spacial score (nSPS) is 23.7. The molecule has 2 aliphatic rings. The molecule has 0 saturated carbocycles. The summed E-state index contributed by atoms with van der Waals surface area (Å²) in [6, 6.07) is 8.09. The fraction of sp³-hybridized carbons (Fsp3) is 0.588. The standard InChI is InChI=1S/C17H24ClN3OS/c18-14-5-3-13(4-6-14)15(17-20-16(22)12-23-17)2-1-9-21-10-7-19-8-11-21/h3-6,15,17,19H,1-2,7-12H2,(H,20,22). The summed E-state index contributed by atoms with van der Waals surface area (Å²) >= 11 is 7.74. The first-order chi connectivity index (χ1) is 11.2. The summed E-state index contributed by atoms with van der Waals surface area (Å²) in [4.78, 5) is 14.1. The summed E-state index contributed by atoms with van der Waals surface area (Å²) in [5.41, 5.74) is 1.27. The third-order valence-electron chi connectivity index (χ3n) is 4.56. The van der Waals surface area contributed by atoms with E-state index in [9.17, 15) is 4.79 Å². The van der Waals surface area contributed by atoms with Crippen LogP contribution in [0, 0.1) is 0 Å². The molecule has 126 valence electrons. The van der Waals surface area contributed by atoms with E-state index in [-0.39, 0.29) is 11.3 Å². The highest BCUT2D eigenvalue weighted by Crippen LogP contribution is 2.34. The van der Waals surface area contributed by atoms with Crippen molar-refractivity contribution in [1.82, 2.24) is 15.5 Å². The molecule has 6 heteroatoms. The zero-order valence-electron chi connectivity index (χ0n) is 13.3. The van der Waals surface area contributed by atoms with E-state index in [1.807, 2.05) is 12.1 Å². The molecular weight excluding hydrogens is 330 g/mol. The molecule has 4 nitrogen and oxygen atoms in total. The van der Waals surface area contributed by atoms with Gasteiger partial charge in [-0.2, -0.15) is 0 Å². The number of carbonyl (C=O) groups excluding carboxylic acids is 1. The molecule has 2 saturated heterocycles. The van der Waals surface area contributed by atoms with Gasteiger partial charge >= 0.3 is 0 Å². The molecule has 2 unspecified atom stereocenters. The van der Waals surface area contributed by atoms with E-state index in [0.717, 1.165) is 50.6 Å². The Morgan fingerprint density at radius 2 is 2.00 bits per heavy atom. The van der Waals surface area contributed by atoms with Gasteiger partial charge in [-0.25, -0.2) is 0 Å². The molecule has 3 rings (SSSR count). The van der Waals surface area contributed by atoms with Gasteiger partial charge in [0, 0.05) is 37.1 Å². The van der Waals surface area contributed by atoms with Gasteiger partial charge in [-0.1, -0.05) is 23.7 Å². The van der Waals surface area contributed by atoms with Crippen LogP contribution in [0.25, 0.3) is 0 Å². The quantitative estimate of drug-likeness (QED) is 0.823. The molecule has 0 bridgehead atoms. The lowest BCUT2D eigenvalue weighted by Gasteiger charge is -2.29. The van der Waals surface area contributed by atoms with Crippen molar-refractivity contribution in [3.63, 3.8) is 0 Å². The van der Waals surface area contributed by atoms with Crippen LogP contribution in [0.2, 0.25) is 5.02 Å². The third-order valence-corrected chi connectivity index (χ3v) is 6.05. The van der Waals surface area contributed by atoms with Crippen molar-refractivity contribution in [3.05, 3.63) is 34.9 Å². The predicted octanol–water partition coefficient (Wildman–Crippen LogP) is 2.30. The third kappa shape index (κ3) is 4.86. The smallest absolute Gasteiger partial charge is 0.230 e. The number of nitrogens with zero attached hydrogens (tertiary/aromatic N) is 1.